The van der Waals surface area contributed by atoms with Crippen molar-refractivity contribution in [2.45, 2.75) is 63.5 Å². The molecule has 6 nitrogen and oxygen atoms in total. The van der Waals surface area contributed by atoms with Gasteiger partial charge in [0.15, 0.2) is 6.10 Å². The maximum atomic E-state index is 13.1. The Balaban J connectivity index is 1.38. The van der Waals surface area contributed by atoms with E-state index in [0.29, 0.717) is 24.1 Å². The van der Waals surface area contributed by atoms with Crippen LogP contribution in [0.3, 0.4) is 0 Å². The number of hydrogen-bond acceptors (Lipinski definition) is 4. The average molecular weight is 458 g/mol. The first-order valence-corrected chi connectivity index (χ1v) is 11.9. The van der Waals surface area contributed by atoms with Crippen molar-refractivity contribution in [3.05, 3.63) is 98.7 Å². The first-order chi connectivity index (χ1) is 16.2. The van der Waals surface area contributed by atoms with Crippen molar-refractivity contribution < 1.29 is 9.90 Å². The van der Waals surface area contributed by atoms with Gasteiger partial charge >= 0.3 is 0 Å². The van der Waals surface area contributed by atoms with Gasteiger partial charge in [-0.2, -0.15) is 0 Å². The number of benzene rings is 2. The molecule has 1 aliphatic heterocycles. The van der Waals surface area contributed by atoms with Crippen LogP contribution >= 0.6 is 0 Å². The number of amides is 1. The highest BCUT2D eigenvalue weighted by molar-refractivity contribution is 5.82. The average Bonchev–Trinajstić information content (AvgIpc) is 3.65. The predicted octanol–water partition coefficient (Wildman–Crippen LogP) is 3.77. The Hall–Kier alpha value is -3.25. The largest absolute Gasteiger partial charge is 0.378 e. The Morgan fingerprint density at radius 3 is 2.53 bits per heavy atom. The zero-order valence-electron chi connectivity index (χ0n) is 20.0. The van der Waals surface area contributed by atoms with Gasteiger partial charge in [0.2, 0.25) is 0 Å². The highest BCUT2D eigenvalue weighted by Gasteiger charge is 2.48. The third-order valence-electron chi connectivity index (χ3n) is 7.21. The van der Waals surface area contributed by atoms with Crippen LogP contribution in [-0.2, 0) is 28.6 Å². The van der Waals surface area contributed by atoms with Crippen molar-refractivity contribution >= 4 is 5.91 Å². The van der Waals surface area contributed by atoms with Gasteiger partial charge in [0.1, 0.15) is 5.82 Å². The maximum Gasteiger partial charge on any atom is 0.256 e. The predicted molar refractivity (Wildman–Crippen MR) is 131 cm³/mol. The van der Waals surface area contributed by atoms with Gasteiger partial charge in [0.25, 0.3) is 11.5 Å². The van der Waals surface area contributed by atoms with Crippen LogP contribution in [0.4, 0.5) is 0 Å². The van der Waals surface area contributed by atoms with Gasteiger partial charge in [0, 0.05) is 13.0 Å². The second-order valence-corrected chi connectivity index (χ2v) is 10.6. The summed E-state index contributed by atoms with van der Waals surface area (Å²) in [6.07, 6.45) is 1.16. The van der Waals surface area contributed by atoms with Gasteiger partial charge in [-0.25, -0.2) is 4.98 Å². The first-order valence-electron chi connectivity index (χ1n) is 11.9. The van der Waals surface area contributed by atoms with Gasteiger partial charge in [-0.1, -0.05) is 75.4 Å². The van der Waals surface area contributed by atoms with Crippen molar-refractivity contribution in [1.29, 1.82) is 0 Å². The molecule has 1 unspecified atom stereocenters. The molecule has 0 radical (unpaired) electrons. The van der Waals surface area contributed by atoms with Gasteiger partial charge < -0.3 is 15.0 Å². The molecule has 1 atom stereocenters. The highest BCUT2D eigenvalue weighted by Crippen LogP contribution is 2.51. The Labute approximate surface area is 199 Å². The molecule has 2 N–H and O–H groups in total. The van der Waals surface area contributed by atoms with Crippen LogP contribution in [0.2, 0.25) is 0 Å². The SMILES string of the molecule is CC(C)(C)c1cccc(C(O)C(=O)N2CCc3nc(C4(c5ccccc5)CC4)[nH]c(=O)c3C2)c1. The second kappa shape index (κ2) is 8.20. The molecule has 1 aromatic heterocycles. The lowest BCUT2D eigenvalue weighted by Crippen LogP contribution is -2.42. The minimum absolute atomic E-state index is 0.0851. The van der Waals surface area contributed by atoms with Crippen LogP contribution < -0.4 is 5.56 Å². The van der Waals surface area contributed by atoms with Crippen LogP contribution in [0.1, 0.15) is 73.5 Å². The van der Waals surface area contributed by atoms with E-state index in [2.05, 4.69) is 37.9 Å². The maximum absolute atomic E-state index is 13.1. The molecule has 2 heterocycles. The summed E-state index contributed by atoms with van der Waals surface area (Å²) in [5.74, 6) is 0.337. The van der Waals surface area contributed by atoms with E-state index in [1.54, 1.807) is 11.0 Å². The van der Waals surface area contributed by atoms with Crippen molar-refractivity contribution in [3.8, 4) is 0 Å². The fourth-order valence-electron chi connectivity index (χ4n) is 4.87. The van der Waals surface area contributed by atoms with E-state index in [4.69, 9.17) is 4.98 Å². The van der Waals surface area contributed by atoms with Gasteiger partial charge in [-0.15, -0.1) is 0 Å². The van der Waals surface area contributed by atoms with Crippen molar-refractivity contribution in [1.82, 2.24) is 14.9 Å². The molecule has 1 amide bonds. The minimum Gasteiger partial charge on any atom is -0.378 e. The number of fused-ring (bicyclic) bond motifs is 1. The molecule has 2 aromatic carbocycles. The Morgan fingerprint density at radius 1 is 1.12 bits per heavy atom. The Kier molecular flexibility index (Phi) is 5.44. The number of aliphatic hydroxyl groups excluding tert-OH is 1. The molecule has 0 saturated heterocycles. The monoisotopic (exact) mass is 457 g/mol. The van der Waals surface area contributed by atoms with E-state index >= 15 is 0 Å². The van der Waals surface area contributed by atoms with Crippen LogP contribution in [0, 0.1) is 0 Å². The molecular weight excluding hydrogens is 426 g/mol. The lowest BCUT2D eigenvalue weighted by molar-refractivity contribution is -0.141. The second-order valence-electron chi connectivity index (χ2n) is 10.6. The molecule has 1 saturated carbocycles. The summed E-state index contributed by atoms with van der Waals surface area (Å²) in [6, 6.07) is 17.7. The Morgan fingerprint density at radius 2 is 1.85 bits per heavy atom. The number of rotatable bonds is 4. The fourth-order valence-corrected chi connectivity index (χ4v) is 4.87. The minimum atomic E-state index is -1.26. The molecule has 0 spiro atoms. The molecule has 2 aliphatic rings. The molecule has 0 bridgehead atoms. The molecule has 5 rings (SSSR count). The summed E-state index contributed by atoms with van der Waals surface area (Å²) in [4.78, 5) is 35.6. The lowest BCUT2D eigenvalue weighted by atomic mass is 9.85. The van der Waals surface area contributed by atoms with E-state index in [0.717, 1.165) is 29.9 Å². The number of carbonyl (C=O) groups is 1. The zero-order chi connectivity index (χ0) is 24.1. The number of carbonyl (C=O) groups excluding carboxylic acids is 1. The van der Waals surface area contributed by atoms with E-state index < -0.39 is 6.10 Å². The summed E-state index contributed by atoms with van der Waals surface area (Å²) in [5, 5.41) is 10.8. The number of nitrogens with one attached hydrogen (secondary N) is 1. The smallest absolute Gasteiger partial charge is 0.256 e. The van der Waals surface area contributed by atoms with E-state index in [9.17, 15) is 14.7 Å². The normalized spacial score (nSPS) is 17.7. The molecule has 1 aliphatic carbocycles. The summed E-state index contributed by atoms with van der Waals surface area (Å²) in [7, 11) is 0. The van der Waals surface area contributed by atoms with Crippen molar-refractivity contribution in [3.63, 3.8) is 0 Å². The van der Waals surface area contributed by atoms with Crippen LogP contribution in [0.25, 0.3) is 0 Å². The number of aromatic amines is 1. The summed E-state index contributed by atoms with van der Waals surface area (Å²) < 4.78 is 0. The quantitative estimate of drug-likeness (QED) is 0.625. The first kappa shape index (κ1) is 22.5. The molecule has 3 aromatic rings. The summed E-state index contributed by atoms with van der Waals surface area (Å²) in [6.45, 7) is 6.87. The third kappa shape index (κ3) is 3.96. The highest BCUT2D eigenvalue weighted by atomic mass is 16.3. The third-order valence-corrected chi connectivity index (χ3v) is 7.21. The topological polar surface area (TPSA) is 86.3 Å². The summed E-state index contributed by atoms with van der Waals surface area (Å²) in [5.41, 5.74) is 3.59. The van der Waals surface area contributed by atoms with Crippen molar-refractivity contribution in [2.24, 2.45) is 0 Å². The molecule has 1 fully saturated rings. The zero-order valence-corrected chi connectivity index (χ0v) is 20.0. The lowest BCUT2D eigenvalue weighted by Gasteiger charge is -2.30. The number of hydrogen-bond donors (Lipinski definition) is 2. The van der Waals surface area contributed by atoms with Crippen molar-refractivity contribution in [2.75, 3.05) is 6.54 Å². The van der Waals surface area contributed by atoms with E-state index in [1.807, 2.05) is 36.4 Å². The summed E-state index contributed by atoms with van der Waals surface area (Å²) >= 11 is 0. The van der Waals surface area contributed by atoms with E-state index in [-0.39, 0.29) is 28.8 Å². The van der Waals surface area contributed by atoms with Gasteiger partial charge in [-0.05, 0) is 34.9 Å². The fraction of sp³-hybridized carbons (Fsp3) is 0.393. The van der Waals surface area contributed by atoms with Crippen LogP contribution in [0.15, 0.2) is 59.4 Å². The number of aromatic nitrogens is 2. The number of H-pyrrole nitrogens is 1. The number of aliphatic hydroxyl groups is 1. The van der Waals surface area contributed by atoms with E-state index in [1.165, 1.54) is 5.56 Å². The molecule has 6 heteroatoms. The van der Waals surface area contributed by atoms with Crippen LogP contribution in [0.5, 0.6) is 0 Å². The number of nitrogens with zero attached hydrogens (tertiary/aromatic N) is 2. The standard InChI is InChI=1S/C28H31N3O3/c1-27(2,3)20-11-7-8-18(16-20)23(32)25(34)31-15-12-22-21(17-31)24(33)30-26(29-22)28(13-14-28)19-9-5-4-6-10-19/h4-11,16,23,32H,12-15,17H2,1-3H3,(H,29,30,33). The van der Waals surface area contributed by atoms with Crippen LogP contribution in [-0.4, -0.2) is 32.4 Å². The van der Waals surface area contributed by atoms with Gasteiger partial charge in [-0.3, -0.25) is 9.59 Å². The van der Waals surface area contributed by atoms with Gasteiger partial charge in [0.05, 0.1) is 23.2 Å². The molecule has 176 valence electrons. The molecule has 34 heavy (non-hydrogen) atoms. The molecular formula is C28H31N3O3. The Bertz CT molecular complexity index is 1290.